The molecular weight excluding hydrogens is 262 g/mol. The molecule has 0 heterocycles. The van der Waals surface area contributed by atoms with E-state index < -0.39 is 9.84 Å². The van der Waals surface area contributed by atoms with Crippen LogP contribution in [0.4, 0.5) is 5.69 Å². The van der Waals surface area contributed by atoms with Crippen LogP contribution in [-0.4, -0.2) is 32.4 Å². The van der Waals surface area contributed by atoms with E-state index in [9.17, 15) is 8.42 Å². The van der Waals surface area contributed by atoms with Crippen molar-refractivity contribution >= 4 is 15.5 Å². The third-order valence-electron chi connectivity index (χ3n) is 3.00. The fraction of sp³-hybridized carbons (Fsp3) is 0.571. The minimum Gasteiger partial charge on any atom is -0.396 e. The number of hydrogen-bond acceptors (Lipinski definition) is 4. The summed E-state index contributed by atoms with van der Waals surface area (Å²) in [5, 5.41) is 11.9. The predicted molar refractivity (Wildman–Crippen MR) is 78.2 cm³/mol. The first-order chi connectivity index (χ1) is 9.11. The van der Waals surface area contributed by atoms with Crippen LogP contribution in [0, 0.1) is 0 Å². The van der Waals surface area contributed by atoms with E-state index in [2.05, 4.69) is 5.32 Å². The van der Waals surface area contributed by atoms with E-state index in [1.807, 2.05) is 6.07 Å². The molecule has 1 aromatic carbocycles. The maximum atomic E-state index is 11.9. The minimum atomic E-state index is -3.18. The number of sulfone groups is 1. The molecule has 0 aliphatic heterocycles. The Labute approximate surface area is 115 Å². The first kappa shape index (κ1) is 16.0. The molecule has 5 heteroatoms. The molecule has 4 nitrogen and oxygen atoms in total. The standard InChI is InChI=1S/C14H23NO3S/c1-2-19(17,18)14-10-6-5-9-13(14)15-11-7-3-4-8-12-16/h5-6,9-10,15-16H,2-4,7-8,11-12H2,1H3. The van der Waals surface area contributed by atoms with Crippen LogP contribution in [0.25, 0.3) is 0 Å². The van der Waals surface area contributed by atoms with Crippen LogP contribution in [0.15, 0.2) is 29.2 Å². The second-order valence-electron chi connectivity index (χ2n) is 4.46. The van der Waals surface area contributed by atoms with Gasteiger partial charge in [0.25, 0.3) is 0 Å². The molecule has 0 aliphatic rings. The average molecular weight is 285 g/mol. The van der Waals surface area contributed by atoms with Crippen LogP contribution in [0.2, 0.25) is 0 Å². The molecule has 0 aromatic heterocycles. The third kappa shape index (κ3) is 5.20. The molecule has 0 radical (unpaired) electrons. The molecule has 1 rings (SSSR count). The van der Waals surface area contributed by atoms with Crippen molar-refractivity contribution in [2.75, 3.05) is 24.2 Å². The Morgan fingerprint density at radius 1 is 1.11 bits per heavy atom. The fourth-order valence-corrected chi connectivity index (χ4v) is 2.92. The monoisotopic (exact) mass is 285 g/mol. The molecule has 0 amide bonds. The Kier molecular flexibility index (Phi) is 6.87. The van der Waals surface area contributed by atoms with Gasteiger partial charge in [0.05, 0.1) is 16.3 Å². The average Bonchev–Trinajstić information content (AvgIpc) is 2.43. The van der Waals surface area contributed by atoms with E-state index in [4.69, 9.17) is 5.11 Å². The molecule has 0 spiro atoms. The van der Waals surface area contributed by atoms with Crippen molar-refractivity contribution in [3.8, 4) is 0 Å². The van der Waals surface area contributed by atoms with E-state index in [1.165, 1.54) is 0 Å². The first-order valence-electron chi connectivity index (χ1n) is 6.78. The van der Waals surface area contributed by atoms with Gasteiger partial charge >= 0.3 is 0 Å². The van der Waals surface area contributed by atoms with Crippen molar-refractivity contribution in [1.29, 1.82) is 0 Å². The molecule has 0 saturated carbocycles. The van der Waals surface area contributed by atoms with Gasteiger partial charge in [-0.05, 0) is 25.0 Å². The minimum absolute atomic E-state index is 0.113. The maximum Gasteiger partial charge on any atom is 0.180 e. The summed E-state index contributed by atoms with van der Waals surface area (Å²) in [5.41, 5.74) is 0.687. The summed E-state index contributed by atoms with van der Waals surface area (Å²) in [6.45, 7) is 2.65. The van der Waals surface area contributed by atoms with Gasteiger partial charge in [-0.3, -0.25) is 0 Å². The summed E-state index contributed by atoms with van der Waals surface area (Å²) in [4.78, 5) is 0.382. The van der Waals surface area contributed by atoms with Crippen LogP contribution >= 0.6 is 0 Å². The number of benzene rings is 1. The fourth-order valence-electron chi connectivity index (χ4n) is 1.85. The summed E-state index contributed by atoms with van der Waals surface area (Å²) in [6.07, 6.45) is 3.85. The molecule has 0 atom stereocenters. The smallest absolute Gasteiger partial charge is 0.180 e. The largest absolute Gasteiger partial charge is 0.396 e. The zero-order valence-corrected chi connectivity index (χ0v) is 12.2. The van der Waals surface area contributed by atoms with E-state index in [0.29, 0.717) is 10.6 Å². The van der Waals surface area contributed by atoms with Crippen LogP contribution < -0.4 is 5.32 Å². The van der Waals surface area contributed by atoms with Gasteiger partial charge in [0.15, 0.2) is 9.84 Å². The predicted octanol–water partition coefficient (Wildman–Crippen LogP) is 2.44. The van der Waals surface area contributed by atoms with Crippen LogP contribution in [-0.2, 0) is 9.84 Å². The van der Waals surface area contributed by atoms with E-state index >= 15 is 0 Å². The highest BCUT2D eigenvalue weighted by Gasteiger charge is 2.15. The van der Waals surface area contributed by atoms with Crippen molar-refractivity contribution in [2.45, 2.75) is 37.5 Å². The third-order valence-corrected chi connectivity index (χ3v) is 4.79. The molecule has 108 valence electrons. The van der Waals surface area contributed by atoms with Crippen LogP contribution in [0.1, 0.15) is 32.6 Å². The van der Waals surface area contributed by atoms with Gasteiger partial charge in [-0.2, -0.15) is 0 Å². The van der Waals surface area contributed by atoms with Gasteiger partial charge in [0.1, 0.15) is 0 Å². The molecular formula is C14H23NO3S. The lowest BCUT2D eigenvalue weighted by atomic mass is 10.2. The Morgan fingerprint density at radius 3 is 2.47 bits per heavy atom. The van der Waals surface area contributed by atoms with Gasteiger partial charge in [0, 0.05) is 13.2 Å². The van der Waals surface area contributed by atoms with E-state index in [-0.39, 0.29) is 12.4 Å². The lowest BCUT2D eigenvalue weighted by molar-refractivity contribution is 0.283. The van der Waals surface area contributed by atoms with Gasteiger partial charge in [-0.25, -0.2) is 8.42 Å². The topological polar surface area (TPSA) is 66.4 Å². The Balaban J connectivity index is 2.55. The number of nitrogens with one attached hydrogen (secondary N) is 1. The van der Waals surface area contributed by atoms with Crippen LogP contribution in [0.3, 0.4) is 0 Å². The van der Waals surface area contributed by atoms with Crippen LogP contribution in [0.5, 0.6) is 0 Å². The summed E-state index contributed by atoms with van der Waals surface area (Å²) in [7, 11) is -3.18. The first-order valence-corrected chi connectivity index (χ1v) is 8.43. The highest BCUT2D eigenvalue weighted by Crippen LogP contribution is 2.21. The number of aliphatic hydroxyl groups is 1. The Hall–Kier alpha value is -1.07. The van der Waals surface area contributed by atoms with Gasteiger partial charge < -0.3 is 10.4 Å². The quantitative estimate of drug-likeness (QED) is 0.684. The summed E-state index contributed by atoms with van der Waals surface area (Å²) < 4.78 is 23.9. The highest BCUT2D eigenvalue weighted by atomic mass is 32.2. The number of rotatable bonds is 9. The molecule has 0 fully saturated rings. The SMILES string of the molecule is CCS(=O)(=O)c1ccccc1NCCCCCCO. The molecule has 0 unspecified atom stereocenters. The van der Waals surface area contributed by atoms with Gasteiger partial charge in [-0.15, -0.1) is 0 Å². The van der Waals surface area contributed by atoms with Crippen molar-refractivity contribution in [2.24, 2.45) is 0 Å². The molecule has 1 aromatic rings. The molecule has 19 heavy (non-hydrogen) atoms. The van der Waals surface area contributed by atoms with Crippen molar-refractivity contribution < 1.29 is 13.5 Å². The van der Waals surface area contributed by atoms with Crippen molar-refractivity contribution in [3.63, 3.8) is 0 Å². The molecule has 2 N–H and O–H groups in total. The highest BCUT2D eigenvalue weighted by molar-refractivity contribution is 7.91. The summed E-state index contributed by atoms with van der Waals surface area (Å²) in [5.74, 6) is 0.113. The number of para-hydroxylation sites is 1. The van der Waals surface area contributed by atoms with Gasteiger partial charge in [0.2, 0.25) is 0 Å². The molecule has 0 aliphatic carbocycles. The van der Waals surface area contributed by atoms with Crippen molar-refractivity contribution in [3.05, 3.63) is 24.3 Å². The second-order valence-corrected chi connectivity index (χ2v) is 6.71. The zero-order chi connectivity index (χ0) is 14.1. The number of hydrogen-bond donors (Lipinski definition) is 2. The van der Waals surface area contributed by atoms with Crippen molar-refractivity contribution in [1.82, 2.24) is 0 Å². The van der Waals surface area contributed by atoms with E-state index in [0.717, 1.165) is 32.2 Å². The Bertz CT molecular complexity index is 471. The second kappa shape index (κ2) is 8.17. The lowest BCUT2D eigenvalue weighted by Crippen LogP contribution is -2.10. The Morgan fingerprint density at radius 2 is 1.79 bits per heavy atom. The van der Waals surface area contributed by atoms with E-state index in [1.54, 1.807) is 25.1 Å². The summed E-state index contributed by atoms with van der Waals surface area (Å²) in [6, 6.07) is 7.03. The summed E-state index contributed by atoms with van der Waals surface area (Å²) >= 11 is 0. The maximum absolute atomic E-state index is 11.9. The number of aliphatic hydroxyl groups excluding tert-OH is 1. The zero-order valence-electron chi connectivity index (χ0n) is 11.4. The lowest BCUT2D eigenvalue weighted by Gasteiger charge is -2.11. The normalized spacial score (nSPS) is 11.5. The number of unbranched alkanes of at least 4 members (excludes halogenated alkanes) is 3. The number of anilines is 1. The molecule has 0 saturated heterocycles. The molecule has 0 bridgehead atoms. The van der Waals surface area contributed by atoms with Gasteiger partial charge in [-0.1, -0.05) is 31.9 Å².